The summed E-state index contributed by atoms with van der Waals surface area (Å²) in [4.78, 5) is 0. The average Bonchev–Trinajstić information content (AvgIpc) is 2.67. The molecule has 7 heteroatoms. The number of benzene rings is 2. The molecule has 2 rings (SSSR count). The van der Waals surface area contributed by atoms with E-state index < -0.39 is 0 Å². The van der Waals surface area contributed by atoms with Gasteiger partial charge in [-0.15, -0.1) is 6.58 Å². The maximum atomic E-state index is 13.0. The zero-order valence-corrected chi connectivity index (χ0v) is 15.9. The third kappa shape index (κ3) is 7.07. The molecule has 0 saturated carbocycles. The summed E-state index contributed by atoms with van der Waals surface area (Å²) in [6.45, 7) is 6.89. The van der Waals surface area contributed by atoms with E-state index in [1.54, 1.807) is 24.4 Å². The Morgan fingerprint density at radius 2 is 1.96 bits per heavy atom. The molecule has 0 aliphatic carbocycles. The minimum Gasteiger partial charge on any atom is -0.490 e. The highest BCUT2D eigenvalue weighted by molar-refractivity contribution is 7.80. The molecule has 27 heavy (non-hydrogen) atoms. The number of nitrogens with one attached hydrogen (secondary N) is 2. The molecule has 0 unspecified atom stereocenters. The molecule has 142 valence electrons. The first-order chi connectivity index (χ1) is 13.1. The molecule has 0 amide bonds. The van der Waals surface area contributed by atoms with Crippen molar-refractivity contribution in [3.8, 4) is 11.5 Å². The van der Waals surface area contributed by atoms with E-state index in [1.807, 2.05) is 25.1 Å². The number of halogens is 1. The van der Waals surface area contributed by atoms with E-state index in [1.165, 1.54) is 12.1 Å². The summed E-state index contributed by atoms with van der Waals surface area (Å²) in [7, 11) is 0. The predicted octanol–water partition coefficient (Wildman–Crippen LogP) is 3.79. The van der Waals surface area contributed by atoms with Crippen LogP contribution < -0.4 is 20.2 Å². The molecule has 0 heterocycles. The number of nitrogens with zero attached hydrogens (tertiary/aromatic N) is 1. The van der Waals surface area contributed by atoms with E-state index in [0.29, 0.717) is 36.4 Å². The van der Waals surface area contributed by atoms with Gasteiger partial charge < -0.3 is 14.8 Å². The first kappa shape index (κ1) is 20.4. The summed E-state index contributed by atoms with van der Waals surface area (Å²) >= 11 is 5.06. The van der Waals surface area contributed by atoms with E-state index in [-0.39, 0.29) is 5.82 Å². The summed E-state index contributed by atoms with van der Waals surface area (Å²) in [5, 5.41) is 7.41. The molecule has 0 radical (unpaired) electrons. The van der Waals surface area contributed by atoms with Crippen LogP contribution in [0.15, 0.2) is 60.2 Å². The largest absolute Gasteiger partial charge is 0.490 e. The monoisotopic (exact) mass is 387 g/mol. The van der Waals surface area contributed by atoms with Crippen molar-refractivity contribution in [1.29, 1.82) is 0 Å². The predicted molar refractivity (Wildman–Crippen MR) is 110 cm³/mol. The van der Waals surface area contributed by atoms with Crippen LogP contribution >= 0.6 is 12.2 Å². The zero-order valence-electron chi connectivity index (χ0n) is 15.1. The highest BCUT2D eigenvalue weighted by atomic mass is 32.1. The van der Waals surface area contributed by atoms with Crippen molar-refractivity contribution in [1.82, 2.24) is 10.7 Å². The van der Waals surface area contributed by atoms with Gasteiger partial charge in [0.15, 0.2) is 16.6 Å². The van der Waals surface area contributed by atoms with Crippen LogP contribution in [0.5, 0.6) is 11.5 Å². The van der Waals surface area contributed by atoms with Gasteiger partial charge in [0, 0.05) is 6.54 Å². The maximum Gasteiger partial charge on any atom is 0.187 e. The smallest absolute Gasteiger partial charge is 0.187 e. The normalized spacial score (nSPS) is 10.4. The Bertz CT molecular complexity index is 794. The minimum absolute atomic E-state index is 0.273. The molecule has 0 aromatic heterocycles. The summed E-state index contributed by atoms with van der Waals surface area (Å²) in [6.07, 6.45) is 3.34. The van der Waals surface area contributed by atoms with E-state index >= 15 is 0 Å². The minimum atomic E-state index is -0.273. The van der Waals surface area contributed by atoms with Crippen molar-refractivity contribution in [2.45, 2.75) is 13.5 Å². The molecule has 0 atom stereocenters. The Kier molecular flexibility index (Phi) is 8.25. The standard InChI is InChI=1S/C20H22FN3O2S/c1-3-11-22-20(27)24-23-13-16-7-10-18(19(12-16)25-4-2)26-14-15-5-8-17(21)9-6-15/h3,5-10,12-13H,1,4,11,14H2,2H3,(H2,22,24,27)/b23-13+. The third-order valence-electron chi connectivity index (χ3n) is 3.36. The summed E-state index contributed by atoms with van der Waals surface area (Å²) in [5.74, 6) is 0.940. The van der Waals surface area contributed by atoms with Gasteiger partial charge >= 0.3 is 0 Å². The first-order valence-corrected chi connectivity index (χ1v) is 8.85. The molecule has 2 aromatic rings. The molecular formula is C20H22FN3O2S. The number of rotatable bonds is 9. The molecule has 0 saturated heterocycles. The van der Waals surface area contributed by atoms with Gasteiger partial charge in [-0.1, -0.05) is 18.2 Å². The van der Waals surface area contributed by atoms with Gasteiger partial charge in [-0.2, -0.15) is 5.10 Å². The molecule has 2 N–H and O–H groups in total. The Morgan fingerprint density at radius 1 is 1.19 bits per heavy atom. The quantitative estimate of drug-likeness (QED) is 0.297. The van der Waals surface area contributed by atoms with Gasteiger partial charge in [0.25, 0.3) is 0 Å². The molecular weight excluding hydrogens is 365 g/mol. The van der Waals surface area contributed by atoms with Crippen LogP contribution in [0.3, 0.4) is 0 Å². The van der Waals surface area contributed by atoms with Crippen LogP contribution in [-0.2, 0) is 6.61 Å². The molecule has 2 aromatic carbocycles. The lowest BCUT2D eigenvalue weighted by Gasteiger charge is -2.12. The SMILES string of the molecule is C=CCNC(=S)N/N=C/c1ccc(OCc2ccc(F)cc2)c(OCC)c1. The van der Waals surface area contributed by atoms with Crippen molar-refractivity contribution < 1.29 is 13.9 Å². The molecule has 0 aliphatic heterocycles. The van der Waals surface area contributed by atoms with Crippen molar-refractivity contribution in [3.05, 3.63) is 72.1 Å². The van der Waals surface area contributed by atoms with Crippen LogP contribution in [0.25, 0.3) is 0 Å². The fourth-order valence-electron chi connectivity index (χ4n) is 2.10. The van der Waals surface area contributed by atoms with E-state index in [0.717, 1.165) is 11.1 Å². The second kappa shape index (κ2) is 10.9. The van der Waals surface area contributed by atoms with Gasteiger partial charge in [0.05, 0.1) is 12.8 Å². The van der Waals surface area contributed by atoms with E-state index in [2.05, 4.69) is 22.4 Å². The van der Waals surface area contributed by atoms with Crippen LogP contribution in [0.2, 0.25) is 0 Å². The van der Waals surface area contributed by atoms with Crippen LogP contribution in [0.4, 0.5) is 4.39 Å². The van der Waals surface area contributed by atoms with Crippen molar-refractivity contribution >= 4 is 23.5 Å². The lowest BCUT2D eigenvalue weighted by Crippen LogP contribution is -2.31. The molecule has 0 bridgehead atoms. The molecule has 0 aliphatic rings. The lowest BCUT2D eigenvalue weighted by molar-refractivity contribution is 0.269. The Morgan fingerprint density at radius 3 is 2.67 bits per heavy atom. The number of hydrogen-bond donors (Lipinski definition) is 2. The second-order valence-electron chi connectivity index (χ2n) is 5.42. The summed E-state index contributed by atoms with van der Waals surface area (Å²) in [6, 6.07) is 11.7. The number of ether oxygens (including phenoxy) is 2. The number of hydrogen-bond acceptors (Lipinski definition) is 4. The summed E-state index contributed by atoms with van der Waals surface area (Å²) < 4.78 is 24.4. The fraction of sp³-hybridized carbons (Fsp3) is 0.200. The first-order valence-electron chi connectivity index (χ1n) is 8.44. The van der Waals surface area contributed by atoms with Crippen LogP contribution in [0, 0.1) is 5.82 Å². The highest BCUT2D eigenvalue weighted by Crippen LogP contribution is 2.28. The summed E-state index contributed by atoms with van der Waals surface area (Å²) in [5.41, 5.74) is 4.42. The topological polar surface area (TPSA) is 54.9 Å². The second-order valence-corrected chi connectivity index (χ2v) is 5.83. The third-order valence-corrected chi connectivity index (χ3v) is 3.60. The zero-order chi connectivity index (χ0) is 19.5. The highest BCUT2D eigenvalue weighted by Gasteiger charge is 2.07. The van der Waals surface area contributed by atoms with Crippen molar-refractivity contribution in [3.63, 3.8) is 0 Å². The fourth-order valence-corrected chi connectivity index (χ4v) is 2.24. The van der Waals surface area contributed by atoms with Gasteiger partial charge in [0.2, 0.25) is 0 Å². The van der Waals surface area contributed by atoms with Gasteiger partial charge in [-0.3, -0.25) is 5.43 Å². The lowest BCUT2D eigenvalue weighted by atomic mass is 10.2. The van der Waals surface area contributed by atoms with Gasteiger partial charge in [0.1, 0.15) is 12.4 Å². The van der Waals surface area contributed by atoms with Crippen LogP contribution in [-0.4, -0.2) is 24.5 Å². The average molecular weight is 387 g/mol. The number of thiocarbonyl (C=S) groups is 1. The van der Waals surface area contributed by atoms with Crippen LogP contribution in [0.1, 0.15) is 18.1 Å². The Hall–Kier alpha value is -2.93. The maximum absolute atomic E-state index is 13.0. The van der Waals surface area contributed by atoms with E-state index in [9.17, 15) is 4.39 Å². The van der Waals surface area contributed by atoms with E-state index in [4.69, 9.17) is 21.7 Å². The molecule has 0 fully saturated rings. The van der Waals surface area contributed by atoms with Crippen molar-refractivity contribution in [2.24, 2.45) is 5.10 Å². The number of hydrazone groups is 1. The van der Waals surface area contributed by atoms with Gasteiger partial charge in [-0.25, -0.2) is 4.39 Å². The van der Waals surface area contributed by atoms with Gasteiger partial charge in [-0.05, 0) is 60.6 Å². The Labute approximate surface area is 163 Å². The molecule has 0 spiro atoms. The van der Waals surface area contributed by atoms with Crippen molar-refractivity contribution in [2.75, 3.05) is 13.2 Å². The molecule has 5 nitrogen and oxygen atoms in total. The Balaban J connectivity index is 2.01.